The first-order chi connectivity index (χ1) is 14.1. The van der Waals surface area contributed by atoms with Crippen LogP contribution >= 0.6 is 11.6 Å². The second-order valence-corrected chi connectivity index (χ2v) is 7.77. The normalized spacial score (nSPS) is 22.6. The van der Waals surface area contributed by atoms with E-state index in [1.807, 2.05) is 97.1 Å². The highest BCUT2D eigenvalue weighted by Crippen LogP contribution is 2.54. The maximum atomic E-state index is 12.2. The molecule has 0 heterocycles. The largest absolute Gasteiger partial charge is 0.376 e. The summed E-state index contributed by atoms with van der Waals surface area (Å²) in [5.41, 5.74) is 0.888. The minimum absolute atomic E-state index is 0.415. The molecule has 0 spiro atoms. The van der Waals surface area contributed by atoms with Gasteiger partial charge >= 0.3 is 0 Å². The standard InChI is InChI=1S/C26H19ClO2/c27-23-17-9-16-22-24(23)26(29,19-12-5-2-6-13-19)21-15-8-7-14-20(21)25(22,28)18-10-3-1-4-11-18/h1-17,28-29H. The Balaban J connectivity index is 1.95. The van der Waals surface area contributed by atoms with Crippen molar-refractivity contribution in [3.05, 3.63) is 142 Å². The van der Waals surface area contributed by atoms with E-state index in [1.54, 1.807) is 6.07 Å². The van der Waals surface area contributed by atoms with E-state index in [9.17, 15) is 10.2 Å². The van der Waals surface area contributed by atoms with Crippen LogP contribution in [-0.4, -0.2) is 10.2 Å². The van der Waals surface area contributed by atoms with Crippen LogP contribution in [0.25, 0.3) is 0 Å². The van der Waals surface area contributed by atoms with Crippen LogP contribution in [0.15, 0.2) is 103 Å². The summed E-state index contributed by atoms with van der Waals surface area (Å²) in [6.45, 7) is 0. The molecular formula is C26H19ClO2. The maximum absolute atomic E-state index is 12.2. The lowest BCUT2D eigenvalue weighted by atomic mass is 9.63. The number of rotatable bonds is 2. The molecule has 0 fully saturated rings. The van der Waals surface area contributed by atoms with Crippen molar-refractivity contribution in [3.8, 4) is 0 Å². The summed E-state index contributed by atoms with van der Waals surface area (Å²) in [5, 5.41) is 24.8. The summed E-state index contributed by atoms with van der Waals surface area (Å²) >= 11 is 6.69. The first-order valence-electron chi connectivity index (χ1n) is 9.53. The molecule has 0 aliphatic heterocycles. The van der Waals surface area contributed by atoms with Gasteiger partial charge in [0.15, 0.2) is 0 Å². The fourth-order valence-corrected chi connectivity index (χ4v) is 4.87. The van der Waals surface area contributed by atoms with Gasteiger partial charge in [-0.05, 0) is 28.3 Å². The zero-order chi connectivity index (χ0) is 20.1. The Hall–Kier alpha value is -2.91. The monoisotopic (exact) mass is 398 g/mol. The molecule has 2 unspecified atom stereocenters. The smallest absolute Gasteiger partial charge is 0.142 e. The average molecular weight is 399 g/mol. The van der Waals surface area contributed by atoms with E-state index in [0.29, 0.717) is 32.8 Å². The van der Waals surface area contributed by atoms with Crippen molar-refractivity contribution in [1.82, 2.24) is 0 Å². The Labute approximate surface area is 174 Å². The molecule has 29 heavy (non-hydrogen) atoms. The van der Waals surface area contributed by atoms with Gasteiger partial charge in [-0.25, -0.2) is 0 Å². The molecule has 1 aliphatic rings. The van der Waals surface area contributed by atoms with Gasteiger partial charge in [-0.15, -0.1) is 0 Å². The third-order valence-corrected chi connectivity index (χ3v) is 6.17. The van der Waals surface area contributed by atoms with E-state index in [4.69, 9.17) is 11.6 Å². The molecule has 4 aromatic rings. The zero-order valence-corrected chi connectivity index (χ0v) is 16.3. The van der Waals surface area contributed by atoms with Gasteiger partial charge in [-0.3, -0.25) is 0 Å². The number of aliphatic hydroxyl groups is 2. The fraction of sp³-hybridized carbons (Fsp3) is 0.0769. The summed E-state index contributed by atoms with van der Waals surface area (Å²) < 4.78 is 0. The summed E-state index contributed by atoms with van der Waals surface area (Å²) in [4.78, 5) is 0. The third-order valence-electron chi connectivity index (χ3n) is 5.85. The summed E-state index contributed by atoms with van der Waals surface area (Å²) in [6.07, 6.45) is 0. The summed E-state index contributed by atoms with van der Waals surface area (Å²) in [7, 11) is 0. The van der Waals surface area contributed by atoms with E-state index < -0.39 is 11.2 Å². The molecule has 0 aromatic heterocycles. The topological polar surface area (TPSA) is 40.5 Å². The van der Waals surface area contributed by atoms with Crippen LogP contribution in [0.1, 0.15) is 33.4 Å². The van der Waals surface area contributed by atoms with E-state index in [2.05, 4.69) is 0 Å². The predicted octanol–water partition coefficient (Wildman–Crippen LogP) is 5.22. The number of hydrogen-bond donors (Lipinski definition) is 2. The highest BCUT2D eigenvalue weighted by Gasteiger charge is 2.51. The molecule has 0 bridgehead atoms. The maximum Gasteiger partial charge on any atom is 0.142 e. The van der Waals surface area contributed by atoms with Crippen molar-refractivity contribution < 1.29 is 10.2 Å². The first-order valence-corrected chi connectivity index (χ1v) is 9.91. The van der Waals surface area contributed by atoms with Gasteiger partial charge in [0.25, 0.3) is 0 Å². The Morgan fingerprint density at radius 2 is 0.931 bits per heavy atom. The van der Waals surface area contributed by atoms with Crippen molar-refractivity contribution in [1.29, 1.82) is 0 Å². The highest BCUT2D eigenvalue weighted by atomic mass is 35.5. The van der Waals surface area contributed by atoms with Crippen molar-refractivity contribution in [2.24, 2.45) is 0 Å². The molecular weight excluding hydrogens is 380 g/mol. The van der Waals surface area contributed by atoms with Gasteiger partial charge < -0.3 is 10.2 Å². The van der Waals surface area contributed by atoms with E-state index in [0.717, 1.165) is 5.56 Å². The SMILES string of the molecule is OC1(c2ccccc2)c2ccccc2C(O)(c2ccccc2)c2c(Cl)cccc21. The van der Waals surface area contributed by atoms with Crippen LogP contribution in [0.4, 0.5) is 0 Å². The number of halogens is 1. The van der Waals surface area contributed by atoms with E-state index in [-0.39, 0.29) is 0 Å². The lowest BCUT2D eigenvalue weighted by Crippen LogP contribution is -2.44. The van der Waals surface area contributed by atoms with E-state index >= 15 is 0 Å². The zero-order valence-electron chi connectivity index (χ0n) is 15.6. The number of hydrogen-bond acceptors (Lipinski definition) is 2. The van der Waals surface area contributed by atoms with Crippen LogP contribution < -0.4 is 0 Å². The first kappa shape index (κ1) is 18.1. The van der Waals surface area contributed by atoms with Gasteiger partial charge in [0.1, 0.15) is 11.2 Å². The molecule has 4 aromatic carbocycles. The molecule has 2 N–H and O–H groups in total. The van der Waals surface area contributed by atoms with Gasteiger partial charge in [-0.2, -0.15) is 0 Å². The summed E-state index contributed by atoms with van der Waals surface area (Å²) in [5.74, 6) is 0. The predicted molar refractivity (Wildman–Crippen MR) is 115 cm³/mol. The molecule has 0 saturated carbocycles. The fourth-order valence-electron chi connectivity index (χ4n) is 4.56. The van der Waals surface area contributed by atoms with Gasteiger partial charge in [-0.1, -0.05) is 109 Å². The Morgan fingerprint density at radius 1 is 0.483 bits per heavy atom. The summed E-state index contributed by atoms with van der Waals surface area (Å²) in [6, 6.07) is 31.9. The van der Waals surface area contributed by atoms with Crippen LogP contribution in [0.2, 0.25) is 5.02 Å². The van der Waals surface area contributed by atoms with Gasteiger partial charge in [0.05, 0.1) is 0 Å². The van der Waals surface area contributed by atoms with Crippen LogP contribution in [-0.2, 0) is 11.2 Å². The van der Waals surface area contributed by atoms with Crippen molar-refractivity contribution >= 4 is 11.6 Å². The van der Waals surface area contributed by atoms with Crippen LogP contribution in [0, 0.1) is 0 Å². The number of fused-ring (bicyclic) bond motifs is 2. The molecule has 5 rings (SSSR count). The minimum atomic E-state index is -1.48. The number of benzene rings is 4. The van der Waals surface area contributed by atoms with Gasteiger partial charge in [0.2, 0.25) is 0 Å². The van der Waals surface area contributed by atoms with Gasteiger partial charge in [0, 0.05) is 16.1 Å². The van der Waals surface area contributed by atoms with Crippen molar-refractivity contribution in [2.75, 3.05) is 0 Å². The second kappa shape index (κ2) is 6.57. The van der Waals surface area contributed by atoms with E-state index in [1.165, 1.54) is 0 Å². The molecule has 3 heteroatoms. The second-order valence-electron chi connectivity index (χ2n) is 7.36. The Kier molecular flexibility index (Phi) is 4.11. The minimum Gasteiger partial charge on any atom is -0.376 e. The molecule has 0 radical (unpaired) electrons. The molecule has 2 nitrogen and oxygen atoms in total. The van der Waals surface area contributed by atoms with Crippen molar-refractivity contribution in [3.63, 3.8) is 0 Å². The van der Waals surface area contributed by atoms with Crippen molar-refractivity contribution in [2.45, 2.75) is 11.2 Å². The quantitative estimate of drug-likeness (QED) is 0.486. The molecule has 1 aliphatic carbocycles. The molecule has 0 saturated heterocycles. The Morgan fingerprint density at radius 3 is 1.52 bits per heavy atom. The van der Waals surface area contributed by atoms with Crippen LogP contribution in [0.5, 0.6) is 0 Å². The molecule has 0 amide bonds. The lowest BCUT2D eigenvalue weighted by Gasteiger charge is -2.45. The third kappa shape index (κ3) is 2.44. The molecule has 2 atom stereocenters. The lowest BCUT2D eigenvalue weighted by molar-refractivity contribution is 0.0749. The Bertz CT molecular complexity index is 1190. The average Bonchev–Trinajstić information content (AvgIpc) is 2.78. The molecule has 142 valence electrons. The van der Waals surface area contributed by atoms with Crippen LogP contribution in [0.3, 0.4) is 0 Å². The highest BCUT2D eigenvalue weighted by molar-refractivity contribution is 6.31.